The number of alkyl halides is 3. The first-order valence-electron chi connectivity index (χ1n) is 9.15. The van der Waals surface area contributed by atoms with E-state index in [0.717, 1.165) is 16.8 Å². The van der Waals surface area contributed by atoms with Crippen LogP contribution in [0.1, 0.15) is 11.1 Å². The molecule has 1 unspecified atom stereocenters. The molecule has 0 saturated carbocycles. The van der Waals surface area contributed by atoms with E-state index in [2.05, 4.69) is 15.4 Å². The highest BCUT2D eigenvalue weighted by Gasteiger charge is 2.39. The van der Waals surface area contributed by atoms with Crippen LogP contribution in [0.15, 0.2) is 66.7 Å². The largest absolute Gasteiger partial charge is 0.573 e. The maximum Gasteiger partial charge on any atom is 0.573 e. The zero-order valence-corrected chi connectivity index (χ0v) is 17.1. The van der Waals surface area contributed by atoms with Gasteiger partial charge >= 0.3 is 6.36 Å². The van der Waals surface area contributed by atoms with E-state index in [0.29, 0.717) is 28.7 Å². The summed E-state index contributed by atoms with van der Waals surface area (Å²) in [6.07, 6.45) is -4.20. The van der Waals surface area contributed by atoms with Crippen LogP contribution < -0.4 is 15.4 Å². The summed E-state index contributed by atoms with van der Waals surface area (Å²) in [7, 11) is 0. The number of ether oxygens (including phenoxy) is 1. The molecule has 30 heavy (non-hydrogen) atoms. The molecule has 1 heterocycles. The minimum Gasteiger partial charge on any atom is -0.406 e. The number of fused-ring (bicyclic) bond motifs is 1. The lowest BCUT2D eigenvalue weighted by atomic mass is 9.85. The van der Waals surface area contributed by atoms with Crippen molar-refractivity contribution in [3.8, 4) is 5.75 Å². The first kappa shape index (κ1) is 20.7. The van der Waals surface area contributed by atoms with E-state index < -0.39 is 11.9 Å². The Labute approximate surface area is 181 Å². The monoisotopic (exact) mass is 452 g/mol. The SMILES string of the molecule is FC(F)(F)Oc1cccc(NC2(Cc3cccc(Cl)c3)CNc3cc(Cl)ccc32)c1. The van der Waals surface area contributed by atoms with Gasteiger partial charge in [-0.1, -0.05) is 47.5 Å². The molecule has 0 spiro atoms. The van der Waals surface area contributed by atoms with Crippen LogP contribution in [0.2, 0.25) is 10.0 Å². The van der Waals surface area contributed by atoms with Crippen LogP contribution in [-0.4, -0.2) is 12.9 Å². The van der Waals surface area contributed by atoms with Gasteiger partial charge in [0.15, 0.2) is 0 Å². The number of hydrogen-bond donors (Lipinski definition) is 2. The van der Waals surface area contributed by atoms with Gasteiger partial charge in [-0.05, 0) is 42.0 Å². The van der Waals surface area contributed by atoms with Crippen molar-refractivity contribution in [2.45, 2.75) is 18.3 Å². The van der Waals surface area contributed by atoms with Crippen molar-refractivity contribution in [1.29, 1.82) is 0 Å². The van der Waals surface area contributed by atoms with Gasteiger partial charge in [-0.3, -0.25) is 0 Å². The molecule has 0 radical (unpaired) electrons. The molecule has 0 fully saturated rings. The van der Waals surface area contributed by atoms with Gasteiger partial charge < -0.3 is 15.4 Å². The number of anilines is 2. The molecular formula is C22H17Cl2F3N2O. The summed E-state index contributed by atoms with van der Waals surface area (Å²) in [5.41, 5.74) is 2.71. The highest BCUT2D eigenvalue weighted by Crippen LogP contribution is 2.42. The van der Waals surface area contributed by atoms with Crippen molar-refractivity contribution in [2.75, 3.05) is 17.2 Å². The van der Waals surface area contributed by atoms with E-state index in [9.17, 15) is 13.2 Å². The molecule has 156 valence electrons. The molecule has 0 saturated heterocycles. The molecule has 0 aliphatic carbocycles. The van der Waals surface area contributed by atoms with E-state index in [1.54, 1.807) is 18.2 Å². The molecule has 4 rings (SSSR count). The average molecular weight is 453 g/mol. The van der Waals surface area contributed by atoms with Crippen LogP contribution in [0, 0.1) is 0 Å². The molecule has 1 aliphatic heterocycles. The van der Waals surface area contributed by atoms with Crippen LogP contribution in [0.4, 0.5) is 24.5 Å². The minimum atomic E-state index is -4.75. The number of rotatable bonds is 5. The summed E-state index contributed by atoms with van der Waals surface area (Å²) in [6.45, 7) is 0.513. The van der Waals surface area contributed by atoms with E-state index in [1.165, 1.54) is 18.2 Å². The van der Waals surface area contributed by atoms with Crippen LogP contribution in [-0.2, 0) is 12.0 Å². The standard InChI is InChI=1S/C22H17Cl2F3N2O/c23-15-4-1-3-14(9-15)12-21(13-28-20-10-16(24)7-8-19(20)21)29-17-5-2-6-18(11-17)30-22(25,26)27/h1-11,28-29H,12-13H2. The summed E-state index contributed by atoms with van der Waals surface area (Å²) in [6, 6.07) is 18.9. The second-order valence-corrected chi connectivity index (χ2v) is 8.01. The smallest absolute Gasteiger partial charge is 0.406 e. The fraction of sp³-hybridized carbons (Fsp3) is 0.182. The van der Waals surface area contributed by atoms with Crippen LogP contribution >= 0.6 is 23.2 Å². The van der Waals surface area contributed by atoms with E-state index in [4.69, 9.17) is 23.2 Å². The molecule has 3 aromatic rings. The second kappa shape index (κ2) is 7.93. The fourth-order valence-electron chi connectivity index (χ4n) is 3.78. The third-order valence-electron chi connectivity index (χ3n) is 4.92. The van der Waals surface area contributed by atoms with Crippen LogP contribution in [0.25, 0.3) is 0 Å². The van der Waals surface area contributed by atoms with Gasteiger partial charge in [0.2, 0.25) is 0 Å². The molecule has 3 nitrogen and oxygen atoms in total. The van der Waals surface area contributed by atoms with Crippen LogP contribution in [0.5, 0.6) is 5.75 Å². The molecule has 0 amide bonds. The van der Waals surface area contributed by atoms with Gasteiger partial charge in [0.25, 0.3) is 0 Å². The lowest BCUT2D eigenvalue weighted by Crippen LogP contribution is -2.39. The Hall–Kier alpha value is -2.57. The van der Waals surface area contributed by atoms with Gasteiger partial charge in [-0.25, -0.2) is 0 Å². The fourth-order valence-corrected chi connectivity index (χ4v) is 4.16. The van der Waals surface area contributed by atoms with E-state index in [1.807, 2.05) is 30.3 Å². The Morgan fingerprint density at radius 1 is 0.967 bits per heavy atom. The zero-order valence-electron chi connectivity index (χ0n) is 15.6. The lowest BCUT2D eigenvalue weighted by Gasteiger charge is -2.32. The maximum atomic E-state index is 12.6. The molecule has 0 aromatic heterocycles. The highest BCUT2D eigenvalue weighted by atomic mass is 35.5. The van der Waals surface area contributed by atoms with Crippen molar-refractivity contribution < 1.29 is 17.9 Å². The van der Waals surface area contributed by atoms with Crippen molar-refractivity contribution in [1.82, 2.24) is 0 Å². The Kier molecular flexibility index (Phi) is 5.47. The predicted octanol–water partition coefficient (Wildman–Crippen LogP) is 6.87. The van der Waals surface area contributed by atoms with Gasteiger partial charge in [-0.2, -0.15) is 0 Å². The second-order valence-electron chi connectivity index (χ2n) is 7.13. The van der Waals surface area contributed by atoms with Gasteiger partial charge in [0.05, 0.1) is 5.54 Å². The van der Waals surface area contributed by atoms with E-state index >= 15 is 0 Å². The van der Waals surface area contributed by atoms with Gasteiger partial charge in [0.1, 0.15) is 5.75 Å². The van der Waals surface area contributed by atoms with E-state index in [-0.39, 0.29) is 5.75 Å². The first-order chi connectivity index (χ1) is 14.2. The Bertz CT molecular complexity index is 1070. The topological polar surface area (TPSA) is 33.3 Å². The first-order valence-corrected chi connectivity index (χ1v) is 9.90. The average Bonchev–Trinajstić information content (AvgIpc) is 2.98. The molecule has 8 heteroatoms. The quantitative estimate of drug-likeness (QED) is 0.443. The van der Waals surface area contributed by atoms with Crippen molar-refractivity contribution in [3.05, 3.63) is 87.9 Å². The third kappa shape index (κ3) is 4.60. The lowest BCUT2D eigenvalue weighted by molar-refractivity contribution is -0.274. The summed E-state index contributed by atoms with van der Waals surface area (Å²) < 4.78 is 42.0. The molecule has 2 N–H and O–H groups in total. The minimum absolute atomic E-state index is 0.285. The summed E-state index contributed by atoms with van der Waals surface area (Å²) in [5.74, 6) is -0.285. The molecule has 0 bridgehead atoms. The number of halogens is 5. The normalized spacial score (nSPS) is 17.9. The van der Waals surface area contributed by atoms with Crippen LogP contribution in [0.3, 0.4) is 0 Å². The van der Waals surface area contributed by atoms with Crippen molar-refractivity contribution in [2.24, 2.45) is 0 Å². The maximum absolute atomic E-state index is 12.6. The molecule has 3 aromatic carbocycles. The molecule has 1 atom stereocenters. The zero-order chi connectivity index (χ0) is 21.4. The molecule has 1 aliphatic rings. The number of nitrogens with one attached hydrogen (secondary N) is 2. The summed E-state index contributed by atoms with van der Waals surface area (Å²) >= 11 is 12.3. The number of benzene rings is 3. The Morgan fingerprint density at radius 3 is 2.50 bits per heavy atom. The Morgan fingerprint density at radius 2 is 1.73 bits per heavy atom. The highest BCUT2D eigenvalue weighted by molar-refractivity contribution is 6.31. The Balaban J connectivity index is 1.72. The van der Waals surface area contributed by atoms with Crippen molar-refractivity contribution in [3.63, 3.8) is 0 Å². The third-order valence-corrected chi connectivity index (χ3v) is 5.39. The van der Waals surface area contributed by atoms with Crippen molar-refractivity contribution >= 4 is 34.6 Å². The summed E-state index contributed by atoms with van der Waals surface area (Å²) in [4.78, 5) is 0. The molecular weight excluding hydrogens is 436 g/mol. The van der Waals surface area contributed by atoms with Gasteiger partial charge in [-0.15, -0.1) is 13.2 Å². The predicted molar refractivity (Wildman–Crippen MR) is 114 cm³/mol. The van der Waals surface area contributed by atoms with Gasteiger partial charge in [0, 0.05) is 46.0 Å². The number of hydrogen-bond acceptors (Lipinski definition) is 3. The summed E-state index contributed by atoms with van der Waals surface area (Å²) in [5, 5.41) is 7.99.